The molecule has 1 unspecified atom stereocenters. The van der Waals surface area contributed by atoms with E-state index in [0.717, 1.165) is 66.7 Å². The molecule has 3 heterocycles. The maximum atomic E-state index is 13.4. The Balaban J connectivity index is 0.00000289. The van der Waals surface area contributed by atoms with Crippen LogP contribution in [0.3, 0.4) is 0 Å². The SMILES string of the molecule is CN=C(NCCc1c[nH]c2cc(F)ccc12)NCC(c1ccc(C)o1)N1CCOCC1.I. The van der Waals surface area contributed by atoms with Crippen LogP contribution in [0.2, 0.25) is 0 Å². The van der Waals surface area contributed by atoms with Gasteiger partial charge in [0.05, 0.1) is 19.3 Å². The minimum absolute atomic E-state index is 0. The second-order valence-corrected chi connectivity index (χ2v) is 7.75. The highest BCUT2D eigenvalue weighted by Crippen LogP contribution is 2.23. The van der Waals surface area contributed by atoms with Gasteiger partial charge in [-0.15, -0.1) is 24.0 Å². The van der Waals surface area contributed by atoms with E-state index in [-0.39, 0.29) is 35.8 Å². The molecule has 3 aromatic rings. The van der Waals surface area contributed by atoms with Gasteiger partial charge in [-0.1, -0.05) is 0 Å². The lowest BCUT2D eigenvalue weighted by molar-refractivity contribution is 0.0124. The summed E-state index contributed by atoms with van der Waals surface area (Å²) in [6.45, 7) is 6.58. The lowest BCUT2D eigenvalue weighted by Gasteiger charge is -2.33. The van der Waals surface area contributed by atoms with Gasteiger partial charge in [-0.05, 0) is 49.2 Å². The third kappa shape index (κ3) is 6.02. The van der Waals surface area contributed by atoms with Gasteiger partial charge in [0.25, 0.3) is 0 Å². The number of aliphatic imine (C=N–C) groups is 1. The molecule has 1 atom stereocenters. The number of aromatic nitrogens is 1. The van der Waals surface area contributed by atoms with Crippen molar-refractivity contribution in [1.29, 1.82) is 0 Å². The van der Waals surface area contributed by atoms with Gasteiger partial charge < -0.3 is 24.8 Å². The van der Waals surface area contributed by atoms with Crippen LogP contribution in [0.4, 0.5) is 4.39 Å². The van der Waals surface area contributed by atoms with E-state index < -0.39 is 0 Å². The Morgan fingerprint density at radius 3 is 2.75 bits per heavy atom. The zero-order chi connectivity index (χ0) is 21.6. The normalized spacial score (nSPS) is 16.0. The van der Waals surface area contributed by atoms with E-state index in [1.807, 2.05) is 31.3 Å². The van der Waals surface area contributed by atoms with E-state index in [1.165, 1.54) is 12.1 Å². The molecule has 174 valence electrons. The Bertz CT molecular complexity index is 1030. The molecule has 1 aliphatic rings. The number of nitrogens with zero attached hydrogens (tertiary/aromatic N) is 2. The summed E-state index contributed by atoms with van der Waals surface area (Å²) in [5, 5.41) is 7.86. The predicted octanol–water partition coefficient (Wildman–Crippen LogP) is 3.61. The number of H-pyrrole nitrogens is 1. The molecule has 0 amide bonds. The van der Waals surface area contributed by atoms with Crippen LogP contribution in [0.15, 0.2) is 45.9 Å². The van der Waals surface area contributed by atoms with Crippen molar-refractivity contribution in [1.82, 2.24) is 20.5 Å². The van der Waals surface area contributed by atoms with Crippen molar-refractivity contribution < 1.29 is 13.5 Å². The topological polar surface area (TPSA) is 77.8 Å². The third-order valence-electron chi connectivity index (χ3n) is 5.68. The number of aryl methyl sites for hydroxylation is 1. The molecule has 9 heteroatoms. The van der Waals surface area contributed by atoms with Crippen molar-refractivity contribution in [3.05, 3.63) is 59.4 Å². The minimum Gasteiger partial charge on any atom is -0.465 e. The highest BCUT2D eigenvalue weighted by atomic mass is 127. The molecule has 0 saturated carbocycles. The van der Waals surface area contributed by atoms with Crippen LogP contribution in [0.25, 0.3) is 10.9 Å². The smallest absolute Gasteiger partial charge is 0.191 e. The van der Waals surface area contributed by atoms with Crippen LogP contribution in [-0.2, 0) is 11.2 Å². The van der Waals surface area contributed by atoms with Crippen LogP contribution < -0.4 is 10.6 Å². The third-order valence-corrected chi connectivity index (χ3v) is 5.68. The first kappa shape index (κ1) is 24.5. The molecule has 1 aliphatic heterocycles. The number of rotatable bonds is 7. The number of halogens is 2. The fourth-order valence-corrected chi connectivity index (χ4v) is 4.03. The molecule has 1 saturated heterocycles. The monoisotopic (exact) mass is 555 g/mol. The van der Waals surface area contributed by atoms with E-state index in [0.29, 0.717) is 13.1 Å². The van der Waals surface area contributed by atoms with Crippen LogP contribution >= 0.6 is 24.0 Å². The lowest BCUT2D eigenvalue weighted by atomic mass is 10.1. The van der Waals surface area contributed by atoms with Crippen LogP contribution in [0, 0.1) is 12.7 Å². The van der Waals surface area contributed by atoms with Crippen molar-refractivity contribution in [3.8, 4) is 0 Å². The predicted molar refractivity (Wildman–Crippen MR) is 135 cm³/mol. The Kier molecular flexibility index (Phi) is 8.94. The summed E-state index contributed by atoms with van der Waals surface area (Å²) < 4.78 is 24.8. The summed E-state index contributed by atoms with van der Waals surface area (Å²) in [5.41, 5.74) is 1.97. The average molecular weight is 555 g/mol. The first-order valence-electron chi connectivity index (χ1n) is 10.7. The number of hydrogen-bond acceptors (Lipinski definition) is 4. The van der Waals surface area contributed by atoms with Gasteiger partial charge in [-0.25, -0.2) is 4.39 Å². The molecule has 32 heavy (non-hydrogen) atoms. The Hall–Kier alpha value is -2.11. The van der Waals surface area contributed by atoms with Gasteiger partial charge in [0.2, 0.25) is 0 Å². The highest BCUT2D eigenvalue weighted by molar-refractivity contribution is 14.0. The molecule has 4 rings (SSSR count). The van der Waals surface area contributed by atoms with Gasteiger partial charge in [0, 0.05) is 50.3 Å². The quantitative estimate of drug-likeness (QED) is 0.236. The summed E-state index contributed by atoms with van der Waals surface area (Å²) in [7, 11) is 1.77. The maximum Gasteiger partial charge on any atom is 0.191 e. The first-order valence-corrected chi connectivity index (χ1v) is 10.7. The second kappa shape index (κ2) is 11.7. The van der Waals surface area contributed by atoms with Crippen LogP contribution in [-0.4, -0.2) is 62.3 Å². The molecule has 0 bridgehead atoms. The number of furan rings is 1. The van der Waals surface area contributed by atoms with E-state index in [1.54, 1.807) is 7.05 Å². The lowest BCUT2D eigenvalue weighted by Crippen LogP contribution is -2.46. The summed E-state index contributed by atoms with van der Waals surface area (Å²) in [6.07, 6.45) is 2.74. The number of ether oxygens (including phenoxy) is 1. The largest absolute Gasteiger partial charge is 0.465 e. The van der Waals surface area contributed by atoms with Crippen LogP contribution in [0.1, 0.15) is 23.1 Å². The number of fused-ring (bicyclic) bond motifs is 1. The first-order chi connectivity index (χ1) is 15.1. The fraction of sp³-hybridized carbons (Fsp3) is 0.435. The molecule has 0 spiro atoms. The number of aromatic amines is 1. The number of guanidine groups is 1. The van der Waals surface area contributed by atoms with Gasteiger partial charge in [0.15, 0.2) is 5.96 Å². The Labute approximate surface area is 204 Å². The van der Waals surface area contributed by atoms with Crippen molar-refractivity contribution >= 4 is 40.8 Å². The fourth-order valence-electron chi connectivity index (χ4n) is 4.03. The maximum absolute atomic E-state index is 13.4. The molecule has 0 aliphatic carbocycles. The van der Waals surface area contributed by atoms with Crippen molar-refractivity contribution in [2.75, 3.05) is 46.4 Å². The molecule has 3 N–H and O–H groups in total. The summed E-state index contributed by atoms with van der Waals surface area (Å²) in [6, 6.07) is 9.00. The highest BCUT2D eigenvalue weighted by Gasteiger charge is 2.25. The van der Waals surface area contributed by atoms with Crippen LogP contribution in [0.5, 0.6) is 0 Å². The summed E-state index contributed by atoms with van der Waals surface area (Å²) >= 11 is 0. The van der Waals surface area contributed by atoms with Gasteiger partial charge in [-0.3, -0.25) is 9.89 Å². The van der Waals surface area contributed by atoms with Crippen molar-refractivity contribution in [2.45, 2.75) is 19.4 Å². The average Bonchev–Trinajstić information content (AvgIpc) is 3.39. The second-order valence-electron chi connectivity index (χ2n) is 7.75. The molecule has 7 nitrogen and oxygen atoms in total. The van der Waals surface area contributed by atoms with E-state index in [4.69, 9.17) is 9.15 Å². The molecule has 1 fully saturated rings. The number of benzene rings is 1. The zero-order valence-electron chi connectivity index (χ0n) is 18.5. The molecule has 2 aromatic heterocycles. The zero-order valence-corrected chi connectivity index (χ0v) is 20.8. The Morgan fingerprint density at radius 2 is 2.03 bits per heavy atom. The van der Waals surface area contributed by atoms with E-state index >= 15 is 0 Å². The summed E-state index contributed by atoms with van der Waals surface area (Å²) in [5.74, 6) is 2.38. The molecule has 0 radical (unpaired) electrons. The minimum atomic E-state index is -0.231. The van der Waals surface area contributed by atoms with E-state index in [9.17, 15) is 4.39 Å². The summed E-state index contributed by atoms with van der Waals surface area (Å²) in [4.78, 5) is 9.88. The van der Waals surface area contributed by atoms with Gasteiger partial charge in [-0.2, -0.15) is 0 Å². The van der Waals surface area contributed by atoms with Crippen molar-refractivity contribution in [3.63, 3.8) is 0 Å². The number of morpholine rings is 1. The molecular formula is C23H31FIN5O2. The molecular weight excluding hydrogens is 524 g/mol. The van der Waals surface area contributed by atoms with Gasteiger partial charge in [0.1, 0.15) is 17.3 Å². The molecule has 1 aromatic carbocycles. The number of hydrogen-bond donors (Lipinski definition) is 3. The Morgan fingerprint density at radius 1 is 1.22 bits per heavy atom. The van der Waals surface area contributed by atoms with E-state index in [2.05, 4.69) is 25.5 Å². The van der Waals surface area contributed by atoms with Gasteiger partial charge >= 0.3 is 0 Å². The standard InChI is InChI=1S/C23H30FN5O2.HI/c1-16-3-6-22(31-16)21(29-9-11-30-12-10-29)15-28-23(25-2)26-8-7-17-14-27-20-13-18(24)4-5-19(17)20;/h3-6,13-14,21,27H,7-12,15H2,1-2H3,(H2,25,26,28);1H. The number of nitrogens with one attached hydrogen (secondary N) is 3. The van der Waals surface area contributed by atoms with Crippen molar-refractivity contribution in [2.24, 2.45) is 4.99 Å².